The lowest BCUT2D eigenvalue weighted by Gasteiger charge is -2.03. The summed E-state index contributed by atoms with van der Waals surface area (Å²) >= 11 is 7.08. The summed E-state index contributed by atoms with van der Waals surface area (Å²) in [4.78, 5) is 15.2. The summed E-state index contributed by atoms with van der Waals surface area (Å²) in [5, 5.41) is 12.8. The average Bonchev–Trinajstić information content (AvgIpc) is 3.26. The highest BCUT2D eigenvalue weighted by Crippen LogP contribution is 2.29. The number of nitrogens with one attached hydrogen (secondary N) is 2. The Morgan fingerprint density at radius 3 is 2.96 bits per heavy atom. The van der Waals surface area contributed by atoms with Crippen molar-refractivity contribution in [1.29, 1.82) is 0 Å². The summed E-state index contributed by atoms with van der Waals surface area (Å²) < 4.78 is 5.68. The number of thioether (sulfide) groups is 1. The van der Waals surface area contributed by atoms with Gasteiger partial charge in [0.25, 0.3) is 11.1 Å². The van der Waals surface area contributed by atoms with Gasteiger partial charge in [-0.25, -0.2) is 0 Å². The highest BCUT2D eigenvalue weighted by atomic mass is 35.5. The van der Waals surface area contributed by atoms with Crippen molar-refractivity contribution in [1.82, 2.24) is 15.2 Å². The van der Waals surface area contributed by atoms with Crippen molar-refractivity contribution in [2.75, 3.05) is 11.1 Å². The molecule has 1 amide bonds. The first-order valence-corrected chi connectivity index (χ1v) is 9.13. The number of aromatic nitrogens is 3. The van der Waals surface area contributed by atoms with Crippen molar-refractivity contribution in [2.45, 2.75) is 5.22 Å². The number of nitrogens with zero attached hydrogens (tertiary/aromatic N) is 2. The molecule has 2 aromatic carbocycles. The van der Waals surface area contributed by atoms with Crippen LogP contribution in [0.1, 0.15) is 0 Å². The van der Waals surface area contributed by atoms with E-state index in [-0.39, 0.29) is 11.7 Å². The summed E-state index contributed by atoms with van der Waals surface area (Å²) in [7, 11) is 0. The number of rotatable bonds is 5. The predicted octanol–water partition coefficient (Wildman–Crippen LogP) is 4.60. The maximum absolute atomic E-state index is 12.0. The Morgan fingerprint density at radius 1 is 1.19 bits per heavy atom. The molecule has 0 spiro atoms. The highest BCUT2D eigenvalue weighted by molar-refractivity contribution is 7.99. The fourth-order valence-electron chi connectivity index (χ4n) is 2.52. The number of para-hydroxylation sites is 1. The van der Waals surface area contributed by atoms with Gasteiger partial charge in [-0.3, -0.25) is 4.79 Å². The number of hydrogen-bond acceptors (Lipinski definition) is 5. The second-order valence-electron chi connectivity index (χ2n) is 5.47. The minimum atomic E-state index is -0.177. The molecule has 2 aromatic heterocycles. The van der Waals surface area contributed by atoms with Crippen LogP contribution in [0.25, 0.3) is 22.4 Å². The molecule has 0 saturated heterocycles. The van der Waals surface area contributed by atoms with Crippen LogP contribution >= 0.6 is 23.4 Å². The van der Waals surface area contributed by atoms with E-state index in [1.807, 2.05) is 30.5 Å². The third-order valence-corrected chi connectivity index (χ3v) is 4.71. The van der Waals surface area contributed by atoms with E-state index in [9.17, 15) is 4.79 Å². The molecule has 0 radical (unpaired) electrons. The number of halogens is 1. The molecule has 0 aliphatic carbocycles. The van der Waals surface area contributed by atoms with E-state index in [1.54, 1.807) is 24.3 Å². The molecule has 0 atom stereocenters. The van der Waals surface area contributed by atoms with Gasteiger partial charge in [0.05, 0.1) is 11.3 Å². The van der Waals surface area contributed by atoms with Crippen LogP contribution in [0.2, 0.25) is 5.02 Å². The number of hydrogen-bond donors (Lipinski definition) is 2. The summed E-state index contributed by atoms with van der Waals surface area (Å²) in [6, 6.07) is 14.8. The van der Waals surface area contributed by atoms with Crippen LogP contribution in [0.5, 0.6) is 0 Å². The second-order valence-corrected chi connectivity index (χ2v) is 6.83. The summed E-state index contributed by atoms with van der Waals surface area (Å²) in [6.07, 6.45) is 1.83. The average molecular weight is 385 g/mol. The lowest BCUT2D eigenvalue weighted by Crippen LogP contribution is -2.13. The molecule has 6 nitrogen and oxygen atoms in total. The fourth-order valence-corrected chi connectivity index (χ4v) is 3.27. The lowest BCUT2D eigenvalue weighted by atomic mass is 10.2. The van der Waals surface area contributed by atoms with Crippen molar-refractivity contribution < 1.29 is 9.21 Å². The summed E-state index contributed by atoms with van der Waals surface area (Å²) in [5.74, 6) is 0.395. The third kappa shape index (κ3) is 3.58. The number of benzene rings is 2. The van der Waals surface area contributed by atoms with Crippen molar-refractivity contribution in [3.8, 4) is 11.5 Å². The van der Waals surface area contributed by atoms with Crippen molar-refractivity contribution in [3.05, 3.63) is 59.8 Å². The Labute approximate surface area is 158 Å². The zero-order valence-corrected chi connectivity index (χ0v) is 15.0. The molecule has 2 heterocycles. The third-order valence-electron chi connectivity index (χ3n) is 3.66. The first kappa shape index (κ1) is 16.7. The Morgan fingerprint density at radius 2 is 2.08 bits per heavy atom. The molecule has 4 aromatic rings. The minimum absolute atomic E-state index is 0.155. The number of anilines is 1. The SMILES string of the molecule is O=C(CSc1nnc(-c2c[nH]c3ccccc23)o1)Nc1cccc(Cl)c1. The number of carbonyl (C=O) groups is 1. The molecule has 0 aliphatic rings. The normalized spacial score (nSPS) is 11.0. The number of H-pyrrole nitrogens is 1. The number of aromatic amines is 1. The van der Waals surface area contributed by atoms with E-state index >= 15 is 0 Å². The molecule has 0 fully saturated rings. The van der Waals surface area contributed by atoms with Gasteiger partial charge < -0.3 is 14.7 Å². The monoisotopic (exact) mass is 384 g/mol. The minimum Gasteiger partial charge on any atom is -0.411 e. The topological polar surface area (TPSA) is 83.8 Å². The zero-order valence-electron chi connectivity index (χ0n) is 13.4. The molecular weight excluding hydrogens is 372 g/mol. The number of carbonyl (C=O) groups excluding carboxylic acids is 1. The molecule has 2 N–H and O–H groups in total. The van der Waals surface area contributed by atoms with E-state index < -0.39 is 0 Å². The molecule has 0 unspecified atom stereocenters. The van der Waals surface area contributed by atoms with Crippen LogP contribution < -0.4 is 5.32 Å². The van der Waals surface area contributed by atoms with Crippen LogP contribution in [-0.4, -0.2) is 26.8 Å². The van der Waals surface area contributed by atoms with E-state index in [0.29, 0.717) is 21.8 Å². The van der Waals surface area contributed by atoms with Gasteiger partial charge in [0.2, 0.25) is 5.91 Å². The van der Waals surface area contributed by atoms with E-state index in [0.717, 1.165) is 16.5 Å². The number of amides is 1. The summed E-state index contributed by atoms with van der Waals surface area (Å²) in [5.41, 5.74) is 2.48. The standard InChI is InChI=1S/C18H13ClN4O2S/c19-11-4-3-5-12(8-11)21-16(24)10-26-18-23-22-17(25-18)14-9-20-15-7-2-1-6-13(14)15/h1-9,20H,10H2,(H,21,24). The molecule has 130 valence electrons. The predicted molar refractivity (Wildman–Crippen MR) is 102 cm³/mol. The maximum atomic E-state index is 12.0. The van der Waals surface area contributed by atoms with E-state index in [1.165, 1.54) is 11.8 Å². The first-order chi connectivity index (χ1) is 12.7. The smallest absolute Gasteiger partial charge is 0.277 e. The Kier molecular flexibility index (Phi) is 4.64. The Balaban J connectivity index is 1.41. The van der Waals surface area contributed by atoms with Gasteiger partial charge >= 0.3 is 0 Å². The van der Waals surface area contributed by atoms with Crippen LogP contribution in [0.15, 0.2) is 64.4 Å². The van der Waals surface area contributed by atoms with Crippen LogP contribution in [0.4, 0.5) is 5.69 Å². The second kappa shape index (κ2) is 7.23. The largest absolute Gasteiger partial charge is 0.411 e. The maximum Gasteiger partial charge on any atom is 0.277 e. The summed E-state index contributed by atoms with van der Waals surface area (Å²) in [6.45, 7) is 0. The van der Waals surface area contributed by atoms with Gasteiger partial charge in [-0.15, -0.1) is 10.2 Å². The van der Waals surface area contributed by atoms with Crippen LogP contribution in [0.3, 0.4) is 0 Å². The van der Waals surface area contributed by atoms with Gasteiger partial charge in [0.15, 0.2) is 0 Å². The van der Waals surface area contributed by atoms with Crippen LogP contribution in [0, 0.1) is 0 Å². The van der Waals surface area contributed by atoms with Crippen molar-refractivity contribution in [2.24, 2.45) is 0 Å². The van der Waals surface area contributed by atoms with E-state index in [2.05, 4.69) is 20.5 Å². The lowest BCUT2D eigenvalue weighted by molar-refractivity contribution is -0.113. The fraction of sp³-hybridized carbons (Fsp3) is 0.0556. The van der Waals surface area contributed by atoms with Crippen LogP contribution in [-0.2, 0) is 4.79 Å². The first-order valence-electron chi connectivity index (χ1n) is 7.77. The molecule has 4 rings (SSSR count). The van der Waals surface area contributed by atoms with Gasteiger partial charge in [-0.2, -0.15) is 0 Å². The molecule has 0 aliphatic heterocycles. The molecule has 0 bridgehead atoms. The van der Waals surface area contributed by atoms with Crippen molar-refractivity contribution in [3.63, 3.8) is 0 Å². The van der Waals surface area contributed by atoms with Gasteiger partial charge in [-0.05, 0) is 24.3 Å². The zero-order chi connectivity index (χ0) is 17.9. The van der Waals surface area contributed by atoms with Gasteiger partial charge in [-0.1, -0.05) is 47.6 Å². The molecule has 26 heavy (non-hydrogen) atoms. The van der Waals surface area contributed by atoms with Crippen molar-refractivity contribution >= 4 is 45.9 Å². The molecule has 0 saturated carbocycles. The highest BCUT2D eigenvalue weighted by Gasteiger charge is 2.14. The quantitative estimate of drug-likeness (QED) is 0.491. The van der Waals surface area contributed by atoms with Gasteiger partial charge in [0.1, 0.15) is 0 Å². The van der Waals surface area contributed by atoms with Gasteiger partial charge in [0, 0.05) is 27.8 Å². The Hall–Kier alpha value is -2.77. The number of fused-ring (bicyclic) bond motifs is 1. The van der Waals surface area contributed by atoms with E-state index in [4.69, 9.17) is 16.0 Å². The molecular formula is C18H13ClN4O2S. The Bertz CT molecular complexity index is 1080. The molecule has 8 heteroatoms.